The highest BCUT2D eigenvalue weighted by molar-refractivity contribution is 5.85. The third kappa shape index (κ3) is 3.86. The topological polar surface area (TPSA) is 81.8 Å². The first kappa shape index (κ1) is 20.7. The van der Waals surface area contributed by atoms with Crippen LogP contribution in [-0.2, 0) is 0 Å². The van der Waals surface area contributed by atoms with Gasteiger partial charge in [-0.25, -0.2) is 15.0 Å². The first-order valence-corrected chi connectivity index (χ1v) is 11.8. The average Bonchev–Trinajstić information content (AvgIpc) is 3.37. The van der Waals surface area contributed by atoms with Gasteiger partial charge >= 0.3 is 0 Å². The molecule has 2 N–H and O–H groups in total. The fourth-order valence-electron chi connectivity index (χ4n) is 4.75. The maximum Gasteiger partial charge on any atom is 0.223 e. The van der Waals surface area contributed by atoms with Gasteiger partial charge in [0.25, 0.3) is 0 Å². The molecule has 6 rings (SSSR count). The number of piperazine rings is 1. The molecule has 0 spiro atoms. The lowest BCUT2D eigenvalue weighted by Gasteiger charge is -2.35. The van der Waals surface area contributed by atoms with E-state index in [1.54, 1.807) is 18.3 Å². The summed E-state index contributed by atoms with van der Waals surface area (Å²) in [6, 6.07) is 17.9. The van der Waals surface area contributed by atoms with E-state index in [0.29, 0.717) is 11.3 Å². The summed E-state index contributed by atoms with van der Waals surface area (Å²) >= 11 is 0. The second kappa shape index (κ2) is 8.79. The Morgan fingerprint density at radius 1 is 0.853 bits per heavy atom. The molecule has 172 valence electrons. The fraction of sp³-hybridized carbons (Fsp3) is 0.269. The predicted molar refractivity (Wildman–Crippen MR) is 136 cm³/mol. The second-order valence-corrected chi connectivity index (χ2v) is 8.70. The Balaban J connectivity index is 1.04. The molecule has 0 atom stereocenters. The van der Waals surface area contributed by atoms with Crippen molar-refractivity contribution in [3.63, 3.8) is 0 Å². The number of nitrogens with zero attached hydrogens (tertiary/aromatic N) is 6. The van der Waals surface area contributed by atoms with Gasteiger partial charge in [-0.2, -0.15) is 0 Å². The first-order valence-electron chi connectivity index (χ1n) is 11.8. The van der Waals surface area contributed by atoms with Crippen LogP contribution in [0.4, 0.5) is 11.8 Å². The van der Waals surface area contributed by atoms with Crippen LogP contribution >= 0.6 is 0 Å². The highest BCUT2D eigenvalue weighted by Gasteiger charge is 2.20. The molecule has 1 saturated heterocycles. The maximum absolute atomic E-state index is 9.89. The fourth-order valence-corrected chi connectivity index (χ4v) is 4.75. The summed E-state index contributed by atoms with van der Waals surface area (Å²) in [5, 5.41) is 13.9. The number of nitrogens with one attached hydrogen (secondary N) is 1. The van der Waals surface area contributed by atoms with Crippen molar-refractivity contribution in [3.05, 3.63) is 67.0 Å². The molecule has 1 fully saturated rings. The van der Waals surface area contributed by atoms with Crippen LogP contribution in [0.1, 0.15) is 6.42 Å². The van der Waals surface area contributed by atoms with Gasteiger partial charge in [-0.15, -0.1) is 0 Å². The van der Waals surface area contributed by atoms with Gasteiger partial charge in [-0.05, 0) is 49.4 Å². The highest BCUT2D eigenvalue weighted by Crippen LogP contribution is 2.26. The van der Waals surface area contributed by atoms with Crippen molar-refractivity contribution < 1.29 is 5.11 Å². The number of phenols is 1. The Kier molecular flexibility index (Phi) is 5.35. The Hall–Kier alpha value is -3.91. The van der Waals surface area contributed by atoms with Gasteiger partial charge in [0.05, 0.1) is 27.5 Å². The molecule has 0 bridgehead atoms. The number of aromatic hydroxyl groups is 1. The number of hydrogen-bond acceptors (Lipinski definition) is 7. The zero-order valence-corrected chi connectivity index (χ0v) is 18.9. The molecule has 1 aliphatic heterocycles. The predicted octanol–water partition coefficient (Wildman–Crippen LogP) is 3.76. The molecule has 3 aromatic heterocycles. The molecule has 0 saturated carbocycles. The lowest BCUT2D eigenvalue weighted by atomic mass is 10.2. The Labute approximate surface area is 197 Å². The summed E-state index contributed by atoms with van der Waals surface area (Å²) in [5.74, 6) is 1.88. The van der Waals surface area contributed by atoms with Crippen LogP contribution in [0, 0.1) is 0 Å². The number of phenolic OH excluding ortho intramolecular Hbond substituents is 1. The first-order chi connectivity index (χ1) is 16.8. The molecule has 5 aromatic rings. The van der Waals surface area contributed by atoms with E-state index in [9.17, 15) is 5.11 Å². The van der Waals surface area contributed by atoms with E-state index in [2.05, 4.69) is 66.0 Å². The van der Waals surface area contributed by atoms with E-state index in [4.69, 9.17) is 4.98 Å². The van der Waals surface area contributed by atoms with E-state index in [0.717, 1.165) is 68.1 Å². The summed E-state index contributed by atoms with van der Waals surface area (Å²) < 4.78 is 2.24. The number of anilines is 2. The number of fused-ring (bicyclic) bond motifs is 4. The summed E-state index contributed by atoms with van der Waals surface area (Å²) in [5.41, 5.74) is 4.08. The minimum Gasteiger partial charge on any atom is -0.507 e. The molecule has 0 aliphatic carbocycles. The lowest BCUT2D eigenvalue weighted by Crippen LogP contribution is -2.47. The molecule has 0 radical (unpaired) electrons. The van der Waals surface area contributed by atoms with Gasteiger partial charge in [0, 0.05) is 45.1 Å². The van der Waals surface area contributed by atoms with E-state index >= 15 is 0 Å². The third-order valence-corrected chi connectivity index (χ3v) is 6.55. The van der Waals surface area contributed by atoms with Crippen molar-refractivity contribution in [1.82, 2.24) is 24.3 Å². The quantitative estimate of drug-likeness (QED) is 0.379. The molecule has 8 heteroatoms. The average molecular weight is 454 g/mol. The van der Waals surface area contributed by atoms with Crippen LogP contribution < -0.4 is 10.2 Å². The van der Waals surface area contributed by atoms with Gasteiger partial charge in [0.2, 0.25) is 5.95 Å². The van der Waals surface area contributed by atoms with E-state index in [1.807, 2.05) is 12.1 Å². The van der Waals surface area contributed by atoms with Crippen LogP contribution in [0.15, 0.2) is 67.0 Å². The number of rotatable bonds is 6. The van der Waals surface area contributed by atoms with E-state index < -0.39 is 0 Å². The van der Waals surface area contributed by atoms with Gasteiger partial charge < -0.3 is 19.7 Å². The van der Waals surface area contributed by atoms with E-state index in [-0.39, 0.29) is 5.75 Å². The zero-order chi connectivity index (χ0) is 22.9. The zero-order valence-electron chi connectivity index (χ0n) is 18.9. The van der Waals surface area contributed by atoms with Crippen LogP contribution in [0.25, 0.3) is 27.5 Å². The Bertz CT molecular complexity index is 1460. The minimum atomic E-state index is 0.208. The third-order valence-electron chi connectivity index (χ3n) is 6.55. The summed E-state index contributed by atoms with van der Waals surface area (Å²) in [6.45, 7) is 5.82. The molecular weight excluding hydrogens is 426 g/mol. The standard InChI is InChI=1S/C26H27N7O/c34-24-10-3-7-20-19(24)18-28-26(30-20)27-11-5-12-31-14-16-32(17-15-31)25-23-9-4-13-33(23)22-8-2-1-6-21(22)29-25/h1-4,6-10,13,18,34H,5,11-12,14-17H2,(H,27,28,30). The van der Waals surface area contributed by atoms with Gasteiger partial charge in [0.1, 0.15) is 5.75 Å². The lowest BCUT2D eigenvalue weighted by molar-refractivity contribution is 0.257. The summed E-state index contributed by atoms with van der Waals surface area (Å²) in [4.78, 5) is 18.7. The summed E-state index contributed by atoms with van der Waals surface area (Å²) in [6.07, 6.45) is 4.80. The SMILES string of the molecule is Oc1cccc2nc(NCCCN3CCN(c4nc5ccccc5n5cccc45)CC3)ncc12. The van der Waals surface area contributed by atoms with Crippen molar-refractivity contribution in [3.8, 4) is 5.75 Å². The second-order valence-electron chi connectivity index (χ2n) is 8.70. The monoisotopic (exact) mass is 453 g/mol. The molecule has 4 heterocycles. The molecule has 34 heavy (non-hydrogen) atoms. The Morgan fingerprint density at radius 2 is 1.68 bits per heavy atom. The van der Waals surface area contributed by atoms with Crippen molar-refractivity contribution in [2.24, 2.45) is 0 Å². The van der Waals surface area contributed by atoms with Crippen molar-refractivity contribution in [2.75, 3.05) is 49.5 Å². The number of para-hydroxylation sites is 2. The molecular formula is C26H27N7O. The Morgan fingerprint density at radius 3 is 2.59 bits per heavy atom. The molecule has 0 unspecified atom stereocenters. The van der Waals surface area contributed by atoms with Gasteiger partial charge in [-0.3, -0.25) is 4.90 Å². The summed E-state index contributed by atoms with van der Waals surface area (Å²) in [7, 11) is 0. The number of hydrogen-bond donors (Lipinski definition) is 2. The van der Waals surface area contributed by atoms with Crippen LogP contribution in [0.5, 0.6) is 5.75 Å². The molecule has 8 nitrogen and oxygen atoms in total. The van der Waals surface area contributed by atoms with Crippen LogP contribution in [0.2, 0.25) is 0 Å². The van der Waals surface area contributed by atoms with E-state index in [1.165, 1.54) is 5.52 Å². The molecule has 0 amide bonds. The van der Waals surface area contributed by atoms with Gasteiger partial charge in [-0.1, -0.05) is 18.2 Å². The molecule has 2 aromatic carbocycles. The largest absolute Gasteiger partial charge is 0.507 e. The molecule has 1 aliphatic rings. The smallest absolute Gasteiger partial charge is 0.223 e. The van der Waals surface area contributed by atoms with Crippen molar-refractivity contribution in [1.29, 1.82) is 0 Å². The van der Waals surface area contributed by atoms with Crippen LogP contribution in [0.3, 0.4) is 0 Å². The minimum absolute atomic E-state index is 0.208. The van der Waals surface area contributed by atoms with Gasteiger partial charge in [0.15, 0.2) is 5.82 Å². The van der Waals surface area contributed by atoms with Crippen molar-refractivity contribution in [2.45, 2.75) is 6.42 Å². The van der Waals surface area contributed by atoms with Crippen LogP contribution in [-0.4, -0.2) is 68.6 Å². The maximum atomic E-state index is 9.89. The number of aromatic nitrogens is 4. The number of benzene rings is 2. The normalized spacial score (nSPS) is 14.9. The van der Waals surface area contributed by atoms with Crippen molar-refractivity contribution >= 4 is 39.2 Å². The highest BCUT2D eigenvalue weighted by atomic mass is 16.3.